The fraction of sp³-hybridized carbons (Fsp3) is 0.167. The Kier molecular flexibility index (Phi) is 5.08. The van der Waals surface area contributed by atoms with E-state index in [0.717, 1.165) is 0 Å². The van der Waals surface area contributed by atoms with Crippen LogP contribution in [0, 0.1) is 5.82 Å². The number of nitrogens with one attached hydrogen (secondary N) is 1. The van der Waals surface area contributed by atoms with Crippen molar-refractivity contribution in [2.75, 3.05) is 25.6 Å². The molecule has 1 N–H and O–H groups in total. The number of methoxy groups -OCH3 is 1. The smallest absolute Gasteiger partial charge is 0.180 e. The van der Waals surface area contributed by atoms with E-state index in [2.05, 4.69) is 20.3 Å². The summed E-state index contributed by atoms with van der Waals surface area (Å²) in [5, 5.41) is 3.16. The third-order valence-electron chi connectivity index (χ3n) is 3.38. The normalized spacial score (nSPS) is 10.6. The second kappa shape index (κ2) is 7.61. The molecular weight excluding hydrogens is 307 g/mol. The molecule has 0 fully saturated rings. The first kappa shape index (κ1) is 16.0. The molecule has 122 valence electrons. The summed E-state index contributed by atoms with van der Waals surface area (Å²) >= 11 is 0. The number of hydrogen-bond donors (Lipinski definition) is 1. The van der Waals surface area contributed by atoms with E-state index in [1.54, 1.807) is 37.6 Å². The van der Waals surface area contributed by atoms with Gasteiger partial charge in [0.15, 0.2) is 5.82 Å². The molecule has 5 nitrogen and oxygen atoms in total. The SMILES string of the molecule is COCCNc1cc(-c2ccccc2F)nc(-c2ccccn2)n1. The van der Waals surface area contributed by atoms with E-state index in [1.165, 1.54) is 6.07 Å². The highest BCUT2D eigenvalue weighted by molar-refractivity contribution is 5.66. The van der Waals surface area contributed by atoms with E-state index in [4.69, 9.17) is 4.74 Å². The molecule has 0 saturated carbocycles. The van der Waals surface area contributed by atoms with E-state index in [-0.39, 0.29) is 5.82 Å². The van der Waals surface area contributed by atoms with Gasteiger partial charge in [-0.1, -0.05) is 18.2 Å². The first-order chi connectivity index (χ1) is 11.8. The third kappa shape index (κ3) is 3.72. The molecule has 0 spiro atoms. The fourth-order valence-corrected chi connectivity index (χ4v) is 2.24. The maximum absolute atomic E-state index is 14.1. The minimum Gasteiger partial charge on any atom is -0.383 e. The quantitative estimate of drug-likeness (QED) is 0.704. The highest BCUT2D eigenvalue weighted by Crippen LogP contribution is 2.25. The highest BCUT2D eigenvalue weighted by Gasteiger charge is 2.12. The van der Waals surface area contributed by atoms with Crippen molar-refractivity contribution in [1.29, 1.82) is 0 Å². The summed E-state index contributed by atoms with van der Waals surface area (Å²) in [6, 6.07) is 13.8. The predicted molar refractivity (Wildman–Crippen MR) is 91.0 cm³/mol. The Hall–Kier alpha value is -2.86. The van der Waals surface area contributed by atoms with Crippen molar-refractivity contribution >= 4 is 5.82 Å². The number of hydrogen-bond acceptors (Lipinski definition) is 5. The number of pyridine rings is 1. The summed E-state index contributed by atoms with van der Waals surface area (Å²) in [7, 11) is 1.63. The molecule has 3 aromatic rings. The summed E-state index contributed by atoms with van der Waals surface area (Å²) in [6.07, 6.45) is 1.67. The molecule has 0 atom stereocenters. The van der Waals surface area contributed by atoms with Crippen LogP contribution in [0.1, 0.15) is 0 Å². The van der Waals surface area contributed by atoms with Crippen LogP contribution >= 0.6 is 0 Å². The molecule has 6 heteroatoms. The van der Waals surface area contributed by atoms with Crippen LogP contribution in [0.25, 0.3) is 22.8 Å². The Labute approximate surface area is 139 Å². The highest BCUT2D eigenvalue weighted by atomic mass is 19.1. The predicted octanol–water partition coefficient (Wildman–Crippen LogP) is 3.40. The number of aromatic nitrogens is 3. The van der Waals surface area contributed by atoms with Crippen molar-refractivity contribution in [2.24, 2.45) is 0 Å². The van der Waals surface area contributed by atoms with Gasteiger partial charge in [0.25, 0.3) is 0 Å². The minimum absolute atomic E-state index is 0.328. The molecule has 3 rings (SSSR count). The molecule has 0 radical (unpaired) electrons. The van der Waals surface area contributed by atoms with Crippen LogP contribution in [-0.2, 0) is 4.74 Å². The van der Waals surface area contributed by atoms with Crippen molar-refractivity contribution in [1.82, 2.24) is 15.0 Å². The van der Waals surface area contributed by atoms with Gasteiger partial charge < -0.3 is 10.1 Å². The second-order valence-corrected chi connectivity index (χ2v) is 5.08. The first-order valence-electron chi connectivity index (χ1n) is 7.56. The minimum atomic E-state index is -0.328. The molecule has 0 aliphatic heterocycles. The Balaban J connectivity index is 2.04. The molecule has 0 amide bonds. The lowest BCUT2D eigenvalue weighted by molar-refractivity contribution is 0.210. The maximum Gasteiger partial charge on any atom is 0.180 e. The van der Waals surface area contributed by atoms with Crippen LogP contribution in [0.15, 0.2) is 54.7 Å². The largest absolute Gasteiger partial charge is 0.383 e. The van der Waals surface area contributed by atoms with Crippen LogP contribution in [0.5, 0.6) is 0 Å². The first-order valence-corrected chi connectivity index (χ1v) is 7.56. The van der Waals surface area contributed by atoms with Crippen molar-refractivity contribution in [3.05, 3.63) is 60.5 Å². The van der Waals surface area contributed by atoms with E-state index in [9.17, 15) is 4.39 Å². The van der Waals surface area contributed by atoms with Gasteiger partial charge in [0.05, 0.1) is 12.3 Å². The zero-order chi connectivity index (χ0) is 16.8. The summed E-state index contributed by atoms with van der Waals surface area (Å²) < 4.78 is 19.2. The van der Waals surface area contributed by atoms with Gasteiger partial charge in [0.2, 0.25) is 0 Å². The molecule has 0 bridgehead atoms. The number of halogens is 1. The van der Waals surface area contributed by atoms with Crippen LogP contribution in [0.4, 0.5) is 10.2 Å². The number of anilines is 1. The van der Waals surface area contributed by atoms with Gasteiger partial charge in [0.1, 0.15) is 17.3 Å². The lowest BCUT2D eigenvalue weighted by Gasteiger charge is -2.10. The summed E-state index contributed by atoms with van der Waals surface area (Å²) in [5.41, 5.74) is 1.56. The Bertz CT molecular complexity index is 811. The van der Waals surface area contributed by atoms with Gasteiger partial charge in [-0.3, -0.25) is 4.98 Å². The van der Waals surface area contributed by atoms with E-state index in [0.29, 0.717) is 41.7 Å². The Morgan fingerprint density at radius 2 is 1.88 bits per heavy atom. The standard InChI is InChI=1S/C18H17FN4O/c1-24-11-10-21-17-12-16(13-6-2-3-7-14(13)19)22-18(23-17)15-8-4-5-9-20-15/h2-9,12H,10-11H2,1H3,(H,21,22,23). The lowest BCUT2D eigenvalue weighted by Crippen LogP contribution is -2.10. The fourth-order valence-electron chi connectivity index (χ4n) is 2.24. The van der Waals surface area contributed by atoms with E-state index < -0.39 is 0 Å². The van der Waals surface area contributed by atoms with Gasteiger partial charge in [-0.2, -0.15) is 0 Å². The Morgan fingerprint density at radius 1 is 1.04 bits per heavy atom. The number of nitrogens with zero attached hydrogens (tertiary/aromatic N) is 3. The number of rotatable bonds is 6. The molecule has 24 heavy (non-hydrogen) atoms. The third-order valence-corrected chi connectivity index (χ3v) is 3.38. The molecule has 0 saturated heterocycles. The van der Waals surface area contributed by atoms with Crippen molar-refractivity contribution in [3.63, 3.8) is 0 Å². The van der Waals surface area contributed by atoms with E-state index >= 15 is 0 Å². The monoisotopic (exact) mass is 324 g/mol. The average molecular weight is 324 g/mol. The molecule has 2 aromatic heterocycles. The van der Waals surface area contributed by atoms with Gasteiger partial charge in [0, 0.05) is 31.5 Å². The maximum atomic E-state index is 14.1. The van der Waals surface area contributed by atoms with Crippen molar-refractivity contribution in [2.45, 2.75) is 0 Å². The van der Waals surface area contributed by atoms with Gasteiger partial charge >= 0.3 is 0 Å². The van der Waals surface area contributed by atoms with Crippen LogP contribution < -0.4 is 5.32 Å². The molecule has 0 unspecified atom stereocenters. The van der Waals surface area contributed by atoms with Gasteiger partial charge in [-0.15, -0.1) is 0 Å². The van der Waals surface area contributed by atoms with Crippen LogP contribution in [0.3, 0.4) is 0 Å². The zero-order valence-electron chi connectivity index (χ0n) is 13.2. The Morgan fingerprint density at radius 3 is 2.62 bits per heavy atom. The molecule has 0 aliphatic rings. The summed E-state index contributed by atoms with van der Waals surface area (Å²) in [4.78, 5) is 13.2. The molecular formula is C18H17FN4O. The van der Waals surface area contributed by atoms with E-state index in [1.807, 2.05) is 18.2 Å². The average Bonchev–Trinajstić information content (AvgIpc) is 2.63. The van der Waals surface area contributed by atoms with Crippen molar-refractivity contribution < 1.29 is 9.13 Å². The van der Waals surface area contributed by atoms with Crippen molar-refractivity contribution in [3.8, 4) is 22.8 Å². The molecule has 2 heterocycles. The number of benzene rings is 1. The molecule has 1 aromatic carbocycles. The summed E-state index contributed by atoms with van der Waals surface area (Å²) in [6.45, 7) is 1.13. The zero-order valence-corrected chi connectivity index (χ0v) is 13.2. The van der Waals surface area contributed by atoms with Gasteiger partial charge in [-0.05, 0) is 24.3 Å². The van der Waals surface area contributed by atoms with Crippen LogP contribution in [-0.4, -0.2) is 35.2 Å². The van der Waals surface area contributed by atoms with Gasteiger partial charge in [-0.25, -0.2) is 14.4 Å². The van der Waals surface area contributed by atoms with Crippen LogP contribution in [0.2, 0.25) is 0 Å². The number of ether oxygens (including phenoxy) is 1. The lowest BCUT2D eigenvalue weighted by atomic mass is 10.1. The summed E-state index contributed by atoms with van der Waals surface area (Å²) in [5.74, 6) is 0.711. The topological polar surface area (TPSA) is 59.9 Å². The second-order valence-electron chi connectivity index (χ2n) is 5.08. The molecule has 0 aliphatic carbocycles.